The van der Waals surface area contributed by atoms with E-state index in [1.165, 1.54) is 24.0 Å². The average molecular weight is 623 g/mol. The van der Waals surface area contributed by atoms with Gasteiger partial charge in [0.1, 0.15) is 16.3 Å². The van der Waals surface area contributed by atoms with Gasteiger partial charge in [0.2, 0.25) is 5.91 Å². The number of hydrogen-bond donors (Lipinski definition) is 1. The number of ether oxygens (including phenoxy) is 2. The minimum atomic E-state index is -0.477. The van der Waals surface area contributed by atoms with Crippen LogP contribution in [-0.2, 0) is 14.9 Å². The van der Waals surface area contributed by atoms with Crippen LogP contribution in [0.4, 0.5) is 5.00 Å². The third kappa shape index (κ3) is 6.96. The van der Waals surface area contributed by atoms with Gasteiger partial charge in [-0.15, -0.1) is 11.3 Å². The summed E-state index contributed by atoms with van der Waals surface area (Å²) in [5.74, 6) is 0.0957. The van der Waals surface area contributed by atoms with Gasteiger partial charge in [0.25, 0.3) is 0 Å². The number of methoxy groups -OCH3 is 1. The first-order valence-corrected chi connectivity index (χ1v) is 13.6. The third-order valence-corrected chi connectivity index (χ3v) is 7.63. The van der Waals surface area contributed by atoms with Gasteiger partial charge in [0.05, 0.1) is 18.2 Å². The molecule has 1 N–H and O–H groups in total. The minimum absolute atomic E-state index is 0.0551. The Morgan fingerprint density at radius 3 is 2.34 bits per heavy atom. The summed E-state index contributed by atoms with van der Waals surface area (Å²) < 4.78 is 12.7. The molecule has 1 aromatic heterocycles. The van der Waals surface area contributed by atoms with Crippen molar-refractivity contribution in [3.63, 3.8) is 0 Å². The molecule has 3 rings (SSSR count). The standard InChI is InChI=1S/C27H29Br2NO4S/c1-16-23(17-8-11-19(28)12-9-17)24(26(32)33-5)25(35-16)30-22(31)7-6-14-34-21-13-10-18(15-20(21)29)27(2,3)4/h8-13,15H,6-7,14H2,1-5H3,(H,30,31). The van der Waals surface area contributed by atoms with Crippen LogP contribution in [0.25, 0.3) is 11.1 Å². The summed E-state index contributed by atoms with van der Waals surface area (Å²) in [7, 11) is 1.34. The molecule has 3 aromatic rings. The topological polar surface area (TPSA) is 64.6 Å². The number of anilines is 1. The highest BCUT2D eigenvalue weighted by atomic mass is 79.9. The van der Waals surface area contributed by atoms with Crippen molar-refractivity contribution in [2.75, 3.05) is 19.0 Å². The number of thiophene rings is 1. The average Bonchev–Trinajstić information content (AvgIpc) is 3.12. The van der Waals surface area contributed by atoms with E-state index in [4.69, 9.17) is 9.47 Å². The van der Waals surface area contributed by atoms with E-state index in [-0.39, 0.29) is 17.7 Å². The normalized spacial score (nSPS) is 11.3. The molecule has 8 heteroatoms. The fraction of sp³-hybridized carbons (Fsp3) is 0.333. The maximum Gasteiger partial charge on any atom is 0.341 e. The highest BCUT2D eigenvalue weighted by Gasteiger charge is 2.25. The van der Waals surface area contributed by atoms with E-state index < -0.39 is 5.97 Å². The largest absolute Gasteiger partial charge is 0.492 e. The number of nitrogens with one attached hydrogen (secondary N) is 1. The van der Waals surface area contributed by atoms with Crippen LogP contribution >= 0.6 is 43.2 Å². The van der Waals surface area contributed by atoms with Crippen molar-refractivity contribution in [3.05, 3.63) is 67.4 Å². The van der Waals surface area contributed by atoms with Crippen LogP contribution in [-0.4, -0.2) is 25.6 Å². The first-order chi connectivity index (χ1) is 16.5. The molecule has 1 amide bonds. The second-order valence-corrected chi connectivity index (χ2v) is 12.1. The molecule has 0 unspecified atom stereocenters. The van der Waals surface area contributed by atoms with Crippen molar-refractivity contribution in [2.45, 2.75) is 46.0 Å². The zero-order valence-electron chi connectivity index (χ0n) is 20.5. The number of carbonyl (C=O) groups excluding carboxylic acids is 2. The third-order valence-electron chi connectivity index (χ3n) is 5.46. The summed E-state index contributed by atoms with van der Waals surface area (Å²) in [5, 5.41) is 3.41. The maximum absolute atomic E-state index is 12.7. The van der Waals surface area contributed by atoms with Crippen molar-refractivity contribution in [1.29, 1.82) is 0 Å². The Labute approximate surface area is 227 Å². The quantitative estimate of drug-likeness (QED) is 0.203. The summed E-state index contributed by atoms with van der Waals surface area (Å²) in [6.45, 7) is 8.82. The van der Waals surface area contributed by atoms with Gasteiger partial charge in [-0.25, -0.2) is 4.79 Å². The second kappa shape index (κ2) is 11.7. The van der Waals surface area contributed by atoms with Crippen molar-refractivity contribution >= 4 is 60.1 Å². The maximum atomic E-state index is 12.7. The Morgan fingerprint density at radius 1 is 1.06 bits per heavy atom. The monoisotopic (exact) mass is 621 g/mol. The van der Waals surface area contributed by atoms with Gasteiger partial charge >= 0.3 is 5.97 Å². The van der Waals surface area contributed by atoms with Crippen molar-refractivity contribution in [3.8, 4) is 16.9 Å². The van der Waals surface area contributed by atoms with Crippen LogP contribution in [0.3, 0.4) is 0 Å². The van der Waals surface area contributed by atoms with Gasteiger partial charge in [-0.1, -0.05) is 54.9 Å². The van der Waals surface area contributed by atoms with Crippen LogP contribution in [0.5, 0.6) is 5.75 Å². The Kier molecular flexibility index (Phi) is 9.18. The molecule has 2 aromatic carbocycles. The van der Waals surface area contributed by atoms with Gasteiger partial charge in [0, 0.05) is 21.3 Å². The number of rotatable bonds is 8. The molecule has 186 valence electrons. The molecule has 0 bridgehead atoms. The lowest BCUT2D eigenvalue weighted by molar-refractivity contribution is -0.116. The van der Waals surface area contributed by atoms with Gasteiger partial charge < -0.3 is 14.8 Å². The zero-order valence-corrected chi connectivity index (χ0v) is 24.4. The second-order valence-electron chi connectivity index (χ2n) is 9.13. The number of halogens is 2. The molecule has 0 fully saturated rings. The number of aryl methyl sites for hydroxylation is 1. The summed E-state index contributed by atoms with van der Waals surface area (Å²) in [5.41, 5.74) is 3.31. The van der Waals surface area contributed by atoms with Crippen LogP contribution in [0.2, 0.25) is 0 Å². The lowest BCUT2D eigenvalue weighted by Crippen LogP contribution is -2.15. The number of amides is 1. The molecule has 1 heterocycles. The zero-order chi connectivity index (χ0) is 25.8. The summed E-state index contributed by atoms with van der Waals surface area (Å²) in [6.07, 6.45) is 0.805. The summed E-state index contributed by atoms with van der Waals surface area (Å²) >= 11 is 8.38. The van der Waals surface area contributed by atoms with Gasteiger partial charge in [0.15, 0.2) is 0 Å². The molecule has 0 saturated carbocycles. The molecule has 0 aliphatic heterocycles. The fourth-order valence-electron chi connectivity index (χ4n) is 3.58. The van der Waals surface area contributed by atoms with Crippen LogP contribution < -0.4 is 10.1 Å². The van der Waals surface area contributed by atoms with Crippen molar-refractivity contribution in [1.82, 2.24) is 0 Å². The van der Waals surface area contributed by atoms with E-state index in [1.54, 1.807) is 0 Å². The van der Waals surface area contributed by atoms with Crippen molar-refractivity contribution < 1.29 is 19.1 Å². The Morgan fingerprint density at radius 2 is 1.74 bits per heavy atom. The van der Waals surface area contributed by atoms with E-state index in [0.29, 0.717) is 23.6 Å². The smallest absolute Gasteiger partial charge is 0.341 e. The molecule has 0 aliphatic carbocycles. The highest BCUT2D eigenvalue weighted by molar-refractivity contribution is 9.10. The Balaban J connectivity index is 1.65. The first kappa shape index (κ1) is 27.4. The van der Waals surface area contributed by atoms with Gasteiger partial charge in [-0.05, 0) is 70.1 Å². The molecule has 35 heavy (non-hydrogen) atoms. The Hall–Kier alpha value is -2.16. The molecule has 0 radical (unpaired) electrons. The lowest BCUT2D eigenvalue weighted by atomic mass is 9.87. The number of benzene rings is 2. The number of esters is 1. The number of hydrogen-bond acceptors (Lipinski definition) is 5. The molecule has 0 saturated heterocycles. The summed E-state index contributed by atoms with van der Waals surface area (Å²) in [6, 6.07) is 13.8. The van der Waals surface area contributed by atoms with Crippen LogP contribution in [0.15, 0.2) is 51.4 Å². The summed E-state index contributed by atoms with van der Waals surface area (Å²) in [4.78, 5) is 26.2. The molecule has 0 spiro atoms. The molecular weight excluding hydrogens is 594 g/mol. The van der Waals surface area contributed by atoms with Crippen LogP contribution in [0, 0.1) is 6.92 Å². The number of carbonyl (C=O) groups is 2. The molecule has 5 nitrogen and oxygen atoms in total. The van der Waals surface area contributed by atoms with Gasteiger partial charge in [-0.3, -0.25) is 4.79 Å². The minimum Gasteiger partial charge on any atom is -0.492 e. The van der Waals surface area contributed by atoms with E-state index in [2.05, 4.69) is 70.1 Å². The van der Waals surface area contributed by atoms with E-state index in [1.807, 2.05) is 37.3 Å². The Bertz CT molecular complexity index is 1210. The van der Waals surface area contributed by atoms with Gasteiger partial charge in [-0.2, -0.15) is 0 Å². The van der Waals surface area contributed by atoms with Crippen molar-refractivity contribution in [2.24, 2.45) is 0 Å². The SMILES string of the molecule is COC(=O)c1c(NC(=O)CCCOc2ccc(C(C)(C)C)cc2Br)sc(C)c1-c1ccc(Br)cc1. The highest BCUT2D eigenvalue weighted by Crippen LogP contribution is 2.40. The first-order valence-electron chi connectivity index (χ1n) is 11.2. The predicted octanol–water partition coefficient (Wildman–Crippen LogP) is 8.13. The molecule has 0 aliphatic rings. The van der Waals surface area contributed by atoms with E-state index >= 15 is 0 Å². The lowest BCUT2D eigenvalue weighted by Gasteiger charge is -2.20. The van der Waals surface area contributed by atoms with E-state index in [9.17, 15) is 9.59 Å². The van der Waals surface area contributed by atoms with E-state index in [0.717, 1.165) is 30.7 Å². The van der Waals surface area contributed by atoms with Crippen LogP contribution in [0.1, 0.15) is 54.4 Å². The molecule has 0 atom stereocenters. The predicted molar refractivity (Wildman–Crippen MR) is 150 cm³/mol. The molecular formula is C27H29Br2NO4S. The fourth-order valence-corrected chi connectivity index (χ4v) is 5.42.